The Kier molecular flexibility index (Phi) is 7.17. The lowest BCUT2D eigenvalue weighted by atomic mass is 10.2. The fourth-order valence-corrected chi connectivity index (χ4v) is 4.36. The number of thioether (sulfide) groups is 1. The maximum absolute atomic E-state index is 12.5. The molecule has 1 aliphatic rings. The van der Waals surface area contributed by atoms with E-state index in [1.165, 1.54) is 11.8 Å². The average molecular weight is 579 g/mol. The van der Waals surface area contributed by atoms with Gasteiger partial charge in [-0.15, -0.1) is 0 Å². The monoisotopic (exact) mass is 576 g/mol. The van der Waals surface area contributed by atoms with Crippen molar-refractivity contribution in [2.24, 2.45) is 4.99 Å². The molecule has 4 rings (SSSR count). The Labute approximate surface area is 206 Å². The van der Waals surface area contributed by atoms with Crippen molar-refractivity contribution < 1.29 is 9.53 Å². The standard InChI is InChI=1S/C23H15Br2ClN2O2S/c24-16-3-1-14(2-4-16)13-30-20-10-5-17(25)11-15(20)12-21-22(29)28-23(31-21)27-19-8-6-18(26)7-9-19/h1-12H,13H2,(H,27,28,29)/b21-12-. The van der Waals surface area contributed by atoms with Crippen LogP contribution in [-0.4, -0.2) is 11.1 Å². The normalized spacial score (nSPS) is 16.0. The third-order valence-electron chi connectivity index (χ3n) is 4.27. The van der Waals surface area contributed by atoms with Crippen molar-refractivity contribution in [2.45, 2.75) is 6.61 Å². The fourth-order valence-electron chi connectivity index (χ4n) is 2.76. The van der Waals surface area contributed by atoms with Crippen LogP contribution in [0.25, 0.3) is 6.08 Å². The van der Waals surface area contributed by atoms with Gasteiger partial charge in [-0.05, 0) is 78.0 Å². The molecule has 3 aromatic carbocycles. The van der Waals surface area contributed by atoms with E-state index < -0.39 is 0 Å². The zero-order valence-corrected chi connectivity index (χ0v) is 20.7. The summed E-state index contributed by atoms with van der Waals surface area (Å²) in [6.07, 6.45) is 1.81. The predicted molar refractivity (Wildman–Crippen MR) is 135 cm³/mol. The Bertz CT molecular complexity index is 1180. The van der Waals surface area contributed by atoms with Gasteiger partial charge in [0.15, 0.2) is 5.17 Å². The van der Waals surface area contributed by atoms with Crippen LogP contribution in [0.3, 0.4) is 0 Å². The summed E-state index contributed by atoms with van der Waals surface area (Å²) < 4.78 is 7.95. The van der Waals surface area contributed by atoms with E-state index in [0.29, 0.717) is 27.5 Å². The summed E-state index contributed by atoms with van der Waals surface area (Å²) in [6.45, 7) is 0.424. The molecule has 0 aromatic heterocycles. The van der Waals surface area contributed by atoms with Gasteiger partial charge in [-0.2, -0.15) is 0 Å². The first-order valence-electron chi connectivity index (χ1n) is 9.18. The third kappa shape index (κ3) is 6.01. The summed E-state index contributed by atoms with van der Waals surface area (Å²) in [7, 11) is 0. The maximum Gasteiger partial charge on any atom is 0.264 e. The summed E-state index contributed by atoms with van der Waals surface area (Å²) in [5.41, 5.74) is 2.57. The van der Waals surface area contributed by atoms with Gasteiger partial charge < -0.3 is 10.1 Å². The molecule has 0 spiro atoms. The predicted octanol–water partition coefficient (Wildman–Crippen LogP) is 7.34. The Hall–Kier alpha value is -2.06. The number of hydrogen-bond donors (Lipinski definition) is 1. The average Bonchev–Trinajstić information content (AvgIpc) is 3.09. The SMILES string of the molecule is O=C1NC(=Nc2ccc(Cl)cc2)S/C1=C\c1cc(Br)ccc1OCc1ccc(Br)cc1. The van der Waals surface area contributed by atoms with Gasteiger partial charge in [0.2, 0.25) is 0 Å². The highest BCUT2D eigenvalue weighted by molar-refractivity contribution is 9.10. The van der Waals surface area contributed by atoms with E-state index in [4.69, 9.17) is 16.3 Å². The molecular formula is C23H15Br2ClN2O2S. The molecule has 0 saturated carbocycles. The first-order chi connectivity index (χ1) is 15.0. The van der Waals surface area contributed by atoms with Crippen molar-refractivity contribution in [2.75, 3.05) is 0 Å². The highest BCUT2D eigenvalue weighted by Crippen LogP contribution is 2.32. The lowest BCUT2D eigenvalue weighted by Gasteiger charge is -2.10. The van der Waals surface area contributed by atoms with E-state index in [9.17, 15) is 4.79 Å². The van der Waals surface area contributed by atoms with Crippen molar-refractivity contribution in [3.63, 3.8) is 0 Å². The Morgan fingerprint density at radius 2 is 1.71 bits per heavy atom. The molecule has 1 amide bonds. The number of rotatable bonds is 5. The Morgan fingerprint density at radius 1 is 1.00 bits per heavy atom. The van der Waals surface area contributed by atoms with Crippen molar-refractivity contribution in [3.05, 3.63) is 96.7 Å². The Morgan fingerprint density at radius 3 is 2.45 bits per heavy atom. The highest BCUT2D eigenvalue weighted by atomic mass is 79.9. The number of aliphatic imine (C=N–C) groups is 1. The van der Waals surface area contributed by atoms with Crippen LogP contribution in [0.5, 0.6) is 5.75 Å². The molecule has 1 aliphatic heterocycles. The van der Waals surface area contributed by atoms with Gasteiger partial charge in [0, 0.05) is 19.5 Å². The van der Waals surface area contributed by atoms with E-state index in [1.54, 1.807) is 24.3 Å². The van der Waals surface area contributed by atoms with Crippen molar-refractivity contribution in [1.82, 2.24) is 5.32 Å². The number of nitrogens with one attached hydrogen (secondary N) is 1. The van der Waals surface area contributed by atoms with Crippen molar-refractivity contribution >= 4 is 78.1 Å². The number of nitrogens with zero attached hydrogens (tertiary/aromatic N) is 1. The highest BCUT2D eigenvalue weighted by Gasteiger charge is 2.24. The van der Waals surface area contributed by atoms with Crippen LogP contribution < -0.4 is 10.1 Å². The minimum Gasteiger partial charge on any atom is -0.488 e. The molecule has 0 radical (unpaired) electrons. The van der Waals surface area contributed by atoms with Gasteiger partial charge in [0.1, 0.15) is 12.4 Å². The van der Waals surface area contributed by atoms with Gasteiger partial charge in [-0.1, -0.05) is 55.6 Å². The van der Waals surface area contributed by atoms with Crippen molar-refractivity contribution in [1.29, 1.82) is 0 Å². The van der Waals surface area contributed by atoms with E-state index in [-0.39, 0.29) is 5.91 Å². The summed E-state index contributed by atoms with van der Waals surface area (Å²) in [5, 5.41) is 3.96. The van der Waals surface area contributed by atoms with Crippen LogP contribution in [0.15, 0.2) is 85.6 Å². The van der Waals surface area contributed by atoms with Crippen LogP contribution in [0.4, 0.5) is 5.69 Å². The quantitative estimate of drug-likeness (QED) is 0.323. The molecular weight excluding hydrogens is 564 g/mol. The van der Waals surface area contributed by atoms with Crippen LogP contribution in [0, 0.1) is 0 Å². The molecule has 3 aromatic rings. The van der Waals surface area contributed by atoms with Crippen molar-refractivity contribution in [3.8, 4) is 5.75 Å². The molecule has 1 N–H and O–H groups in total. The van der Waals surface area contributed by atoms with Crippen LogP contribution in [-0.2, 0) is 11.4 Å². The summed E-state index contributed by atoms with van der Waals surface area (Å²) in [5.74, 6) is 0.492. The molecule has 1 saturated heterocycles. The van der Waals surface area contributed by atoms with E-state index in [2.05, 4.69) is 42.2 Å². The van der Waals surface area contributed by atoms with Gasteiger partial charge in [-0.25, -0.2) is 4.99 Å². The van der Waals surface area contributed by atoms with E-state index in [1.807, 2.05) is 48.5 Å². The van der Waals surface area contributed by atoms with E-state index in [0.717, 1.165) is 25.8 Å². The summed E-state index contributed by atoms with van der Waals surface area (Å²) in [4.78, 5) is 17.5. The molecule has 0 aliphatic carbocycles. The lowest BCUT2D eigenvalue weighted by molar-refractivity contribution is -0.115. The number of amidine groups is 1. The maximum atomic E-state index is 12.5. The molecule has 31 heavy (non-hydrogen) atoms. The molecule has 0 unspecified atom stereocenters. The summed E-state index contributed by atoms with van der Waals surface area (Å²) in [6, 6.07) is 20.8. The zero-order chi connectivity index (χ0) is 21.8. The second kappa shape index (κ2) is 10.0. The number of ether oxygens (including phenoxy) is 1. The van der Waals surface area contributed by atoms with Gasteiger partial charge in [-0.3, -0.25) is 4.79 Å². The number of halogens is 3. The Balaban J connectivity index is 1.54. The van der Waals surface area contributed by atoms with E-state index >= 15 is 0 Å². The molecule has 156 valence electrons. The number of carbonyl (C=O) groups excluding carboxylic acids is 1. The number of carbonyl (C=O) groups is 1. The number of hydrogen-bond acceptors (Lipinski definition) is 4. The lowest BCUT2D eigenvalue weighted by Crippen LogP contribution is -2.19. The summed E-state index contributed by atoms with van der Waals surface area (Å²) >= 11 is 14.1. The second-order valence-electron chi connectivity index (χ2n) is 6.56. The fraction of sp³-hybridized carbons (Fsp3) is 0.0435. The van der Waals surface area contributed by atoms with Crippen LogP contribution in [0.1, 0.15) is 11.1 Å². The van der Waals surface area contributed by atoms with Gasteiger partial charge in [0.25, 0.3) is 5.91 Å². The second-order valence-corrected chi connectivity index (χ2v) is 9.85. The molecule has 8 heteroatoms. The molecule has 1 heterocycles. The first kappa shape index (κ1) is 22.1. The third-order valence-corrected chi connectivity index (χ3v) is 6.46. The largest absolute Gasteiger partial charge is 0.488 e. The molecule has 0 bridgehead atoms. The topological polar surface area (TPSA) is 50.7 Å². The van der Waals surface area contributed by atoms with Gasteiger partial charge >= 0.3 is 0 Å². The van der Waals surface area contributed by atoms with Gasteiger partial charge in [0.05, 0.1) is 10.6 Å². The van der Waals surface area contributed by atoms with Crippen LogP contribution >= 0.6 is 55.2 Å². The molecule has 0 atom stereocenters. The minimum atomic E-state index is -0.198. The number of benzene rings is 3. The molecule has 4 nitrogen and oxygen atoms in total. The smallest absolute Gasteiger partial charge is 0.264 e. The number of amides is 1. The minimum absolute atomic E-state index is 0.198. The zero-order valence-electron chi connectivity index (χ0n) is 15.9. The molecule has 1 fully saturated rings. The van der Waals surface area contributed by atoms with Crippen LogP contribution in [0.2, 0.25) is 5.02 Å². The first-order valence-corrected chi connectivity index (χ1v) is 12.0.